The van der Waals surface area contributed by atoms with Crippen LogP contribution in [0.1, 0.15) is 27.7 Å². The van der Waals surface area contributed by atoms with Gasteiger partial charge in [-0.25, -0.2) is 0 Å². The van der Waals surface area contributed by atoms with Crippen LogP contribution in [0.2, 0.25) is 0 Å². The number of hydrogen-bond acceptors (Lipinski definition) is 3. The second kappa shape index (κ2) is 4.23. The van der Waals surface area contributed by atoms with Crippen molar-refractivity contribution >= 4 is 23.1 Å². The standard InChI is InChI=1S/C9H18N2O2S/c1-8(2,6(10)14)11-7(12)9(3,4)13-5/h1-5H3,(H2,10,14)(H,11,12). The van der Waals surface area contributed by atoms with Crippen molar-refractivity contribution in [3.63, 3.8) is 0 Å². The molecule has 0 aromatic heterocycles. The van der Waals surface area contributed by atoms with Gasteiger partial charge >= 0.3 is 0 Å². The monoisotopic (exact) mass is 218 g/mol. The minimum absolute atomic E-state index is 0.238. The fourth-order valence-corrected chi connectivity index (χ4v) is 0.640. The number of amides is 1. The average Bonchev–Trinajstić information content (AvgIpc) is 2.03. The molecule has 0 aliphatic heterocycles. The van der Waals surface area contributed by atoms with Gasteiger partial charge in [0.25, 0.3) is 5.91 Å². The number of hydrogen-bond donors (Lipinski definition) is 2. The van der Waals surface area contributed by atoms with E-state index >= 15 is 0 Å². The Bertz CT molecular complexity index is 249. The van der Waals surface area contributed by atoms with E-state index in [0.717, 1.165) is 0 Å². The molecule has 14 heavy (non-hydrogen) atoms. The van der Waals surface area contributed by atoms with Crippen molar-refractivity contribution in [2.24, 2.45) is 5.73 Å². The Kier molecular flexibility index (Phi) is 4.02. The molecule has 0 aromatic rings. The number of carbonyl (C=O) groups excluding carboxylic acids is 1. The second-order valence-corrected chi connectivity index (χ2v) is 4.60. The molecule has 82 valence electrons. The Hall–Kier alpha value is -0.680. The molecule has 0 bridgehead atoms. The van der Waals surface area contributed by atoms with Gasteiger partial charge in [0.1, 0.15) is 5.60 Å². The van der Waals surface area contributed by atoms with Gasteiger partial charge in [-0.05, 0) is 27.7 Å². The molecule has 0 rings (SSSR count). The van der Waals surface area contributed by atoms with Crippen LogP contribution in [0.25, 0.3) is 0 Å². The van der Waals surface area contributed by atoms with E-state index in [-0.39, 0.29) is 10.9 Å². The predicted molar refractivity (Wildman–Crippen MR) is 60.1 cm³/mol. The third-order valence-corrected chi connectivity index (χ3v) is 2.61. The Morgan fingerprint density at radius 2 is 1.79 bits per heavy atom. The highest BCUT2D eigenvalue weighted by atomic mass is 32.1. The van der Waals surface area contributed by atoms with E-state index in [1.54, 1.807) is 27.7 Å². The fraction of sp³-hybridized carbons (Fsp3) is 0.778. The molecule has 1 amide bonds. The van der Waals surface area contributed by atoms with Crippen molar-refractivity contribution in [2.45, 2.75) is 38.8 Å². The van der Waals surface area contributed by atoms with Crippen molar-refractivity contribution in [1.29, 1.82) is 0 Å². The third kappa shape index (κ3) is 3.23. The van der Waals surface area contributed by atoms with E-state index in [9.17, 15) is 4.79 Å². The predicted octanol–water partition coefficient (Wildman–Crippen LogP) is 0.592. The van der Waals surface area contributed by atoms with E-state index in [4.69, 9.17) is 22.7 Å². The highest BCUT2D eigenvalue weighted by Gasteiger charge is 2.32. The summed E-state index contributed by atoms with van der Waals surface area (Å²) in [5.74, 6) is -0.238. The zero-order chi connectivity index (χ0) is 11.6. The average molecular weight is 218 g/mol. The van der Waals surface area contributed by atoms with Crippen molar-refractivity contribution in [1.82, 2.24) is 5.32 Å². The van der Waals surface area contributed by atoms with Crippen LogP contribution in [0, 0.1) is 0 Å². The molecule has 3 N–H and O–H groups in total. The van der Waals surface area contributed by atoms with Gasteiger partial charge in [-0.2, -0.15) is 0 Å². The molecule has 5 heteroatoms. The highest BCUT2D eigenvalue weighted by molar-refractivity contribution is 7.80. The van der Waals surface area contributed by atoms with Crippen LogP contribution in [-0.4, -0.2) is 29.1 Å². The minimum Gasteiger partial charge on any atom is -0.391 e. The summed E-state index contributed by atoms with van der Waals surface area (Å²) in [6, 6.07) is 0. The molecular formula is C9H18N2O2S. The van der Waals surface area contributed by atoms with Gasteiger partial charge in [0.15, 0.2) is 0 Å². The maximum Gasteiger partial charge on any atom is 0.252 e. The number of thiocarbonyl (C=S) groups is 1. The number of ether oxygens (including phenoxy) is 1. The van der Waals surface area contributed by atoms with E-state index in [0.29, 0.717) is 0 Å². The van der Waals surface area contributed by atoms with Gasteiger partial charge in [0, 0.05) is 7.11 Å². The van der Waals surface area contributed by atoms with Gasteiger partial charge in [0.05, 0.1) is 10.5 Å². The van der Waals surface area contributed by atoms with Crippen LogP contribution in [0.15, 0.2) is 0 Å². The lowest BCUT2D eigenvalue weighted by molar-refractivity contribution is -0.140. The Balaban J connectivity index is 4.56. The summed E-state index contributed by atoms with van der Waals surface area (Å²) in [6.07, 6.45) is 0. The fourth-order valence-electron chi connectivity index (χ4n) is 0.589. The zero-order valence-electron chi connectivity index (χ0n) is 9.30. The lowest BCUT2D eigenvalue weighted by atomic mass is 10.0. The molecule has 0 aliphatic rings. The Morgan fingerprint density at radius 1 is 1.36 bits per heavy atom. The Morgan fingerprint density at radius 3 is 2.07 bits per heavy atom. The van der Waals surface area contributed by atoms with Crippen LogP contribution >= 0.6 is 12.2 Å². The van der Waals surface area contributed by atoms with Crippen molar-refractivity contribution < 1.29 is 9.53 Å². The molecule has 0 radical (unpaired) electrons. The first-order valence-corrected chi connectivity index (χ1v) is 4.72. The smallest absolute Gasteiger partial charge is 0.252 e. The van der Waals surface area contributed by atoms with Crippen molar-refractivity contribution in [3.05, 3.63) is 0 Å². The number of nitrogens with two attached hydrogens (primary N) is 1. The molecule has 0 saturated carbocycles. The van der Waals surface area contributed by atoms with Gasteiger partial charge in [0.2, 0.25) is 0 Å². The molecule has 0 heterocycles. The topological polar surface area (TPSA) is 64.3 Å². The molecule has 0 unspecified atom stereocenters. The Labute approximate surface area is 90.2 Å². The third-order valence-electron chi connectivity index (χ3n) is 2.10. The number of carbonyl (C=O) groups is 1. The molecule has 4 nitrogen and oxygen atoms in total. The molecule has 0 spiro atoms. The summed E-state index contributed by atoms with van der Waals surface area (Å²) in [4.78, 5) is 11.9. The first-order chi connectivity index (χ1) is 6.13. The highest BCUT2D eigenvalue weighted by Crippen LogP contribution is 2.11. The largest absolute Gasteiger partial charge is 0.391 e. The number of nitrogens with one attached hydrogen (secondary N) is 1. The summed E-state index contributed by atoms with van der Waals surface area (Å²) >= 11 is 4.83. The van der Waals surface area contributed by atoms with Crippen LogP contribution in [0.5, 0.6) is 0 Å². The van der Waals surface area contributed by atoms with Gasteiger partial charge < -0.3 is 15.8 Å². The van der Waals surface area contributed by atoms with Crippen molar-refractivity contribution in [3.8, 4) is 0 Å². The maximum absolute atomic E-state index is 11.7. The summed E-state index contributed by atoms with van der Waals surface area (Å²) in [5, 5.41) is 2.72. The van der Waals surface area contributed by atoms with E-state index in [1.807, 2.05) is 0 Å². The van der Waals surface area contributed by atoms with Gasteiger partial charge in [-0.1, -0.05) is 12.2 Å². The van der Waals surface area contributed by atoms with E-state index < -0.39 is 11.1 Å². The maximum atomic E-state index is 11.7. The lowest BCUT2D eigenvalue weighted by Gasteiger charge is -2.30. The van der Waals surface area contributed by atoms with Crippen LogP contribution in [-0.2, 0) is 9.53 Å². The quantitative estimate of drug-likeness (QED) is 0.678. The van der Waals surface area contributed by atoms with Gasteiger partial charge in [-0.15, -0.1) is 0 Å². The summed E-state index contributed by atoms with van der Waals surface area (Å²) < 4.78 is 5.03. The summed E-state index contributed by atoms with van der Waals surface area (Å²) in [6.45, 7) is 6.86. The molecular weight excluding hydrogens is 200 g/mol. The first-order valence-electron chi connectivity index (χ1n) is 4.31. The molecule has 0 fully saturated rings. The van der Waals surface area contributed by atoms with Crippen LogP contribution in [0.4, 0.5) is 0 Å². The van der Waals surface area contributed by atoms with E-state index in [2.05, 4.69) is 5.32 Å². The molecule has 0 aromatic carbocycles. The molecule has 0 saturated heterocycles. The second-order valence-electron chi connectivity index (χ2n) is 4.16. The zero-order valence-corrected chi connectivity index (χ0v) is 10.1. The normalized spacial score (nSPS) is 12.4. The number of methoxy groups -OCH3 is 1. The van der Waals surface area contributed by atoms with Crippen LogP contribution < -0.4 is 11.1 Å². The van der Waals surface area contributed by atoms with E-state index in [1.165, 1.54) is 7.11 Å². The summed E-state index contributed by atoms with van der Waals surface area (Å²) in [7, 11) is 1.48. The van der Waals surface area contributed by atoms with Crippen molar-refractivity contribution in [2.75, 3.05) is 7.11 Å². The number of rotatable bonds is 4. The minimum atomic E-state index is -0.873. The molecule has 0 aliphatic carbocycles. The summed E-state index contributed by atoms with van der Waals surface area (Å²) in [5.41, 5.74) is 3.91. The van der Waals surface area contributed by atoms with Gasteiger partial charge in [-0.3, -0.25) is 4.79 Å². The molecule has 0 atom stereocenters. The first kappa shape index (κ1) is 13.3. The van der Waals surface area contributed by atoms with Crippen LogP contribution in [0.3, 0.4) is 0 Å². The lowest BCUT2D eigenvalue weighted by Crippen LogP contribution is -2.57. The SMILES string of the molecule is COC(C)(C)C(=O)NC(C)(C)C(N)=S.